The van der Waals surface area contributed by atoms with E-state index in [-0.39, 0.29) is 5.91 Å². The molecule has 0 aliphatic heterocycles. The van der Waals surface area contributed by atoms with Gasteiger partial charge in [-0.2, -0.15) is 0 Å². The maximum absolute atomic E-state index is 12.7. The fraction of sp³-hybridized carbons (Fsp3) is 0.429. The normalized spacial score (nSPS) is 10.8. The van der Waals surface area contributed by atoms with Crippen molar-refractivity contribution in [2.75, 3.05) is 17.2 Å². The SMILES string of the molecule is CCc1cccc(CC)c1NC(=O)c1cncc(NCCC(C)C)c1. The summed E-state index contributed by atoms with van der Waals surface area (Å²) < 4.78 is 0. The highest BCUT2D eigenvalue weighted by atomic mass is 16.1. The molecule has 134 valence electrons. The van der Waals surface area contributed by atoms with Crippen molar-refractivity contribution in [2.45, 2.75) is 47.0 Å². The molecular formula is C21H29N3O. The molecule has 0 spiro atoms. The Balaban J connectivity index is 2.14. The number of nitrogens with zero attached hydrogens (tertiary/aromatic N) is 1. The minimum Gasteiger partial charge on any atom is -0.384 e. The van der Waals surface area contributed by atoms with Crippen LogP contribution in [0.15, 0.2) is 36.7 Å². The number of aryl methyl sites for hydroxylation is 2. The number of benzene rings is 1. The number of aromatic nitrogens is 1. The molecule has 2 N–H and O–H groups in total. The van der Waals surface area contributed by atoms with Crippen molar-refractivity contribution in [1.29, 1.82) is 0 Å². The number of hydrogen-bond acceptors (Lipinski definition) is 3. The first kappa shape index (κ1) is 19.0. The molecule has 0 aliphatic rings. The molecule has 4 heteroatoms. The van der Waals surface area contributed by atoms with Gasteiger partial charge in [-0.15, -0.1) is 0 Å². The Morgan fingerprint density at radius 1 is 1.12 bits per heavy atom. The zero-order valence-electron chi connectivity index (χ0n) is 15.7. The molecule has 1 aromatic heterocycles. The third-order valence-corrected chi connectivity index (χ3v) is 4.29. The van der Waals surface area contributed by atoms with E-state index in [1.54, 1.807) is 12.4 Å². The number of amides is 1. The van der Waals surface area contributed by atoms with E-state index in [1.807, 2.05) is 12.1 Å². The van der Waals surface area contributed by atoms with Gasteiger partial charge in [-0.25, -0.2) is 0 Å². The summed E-state index contributed by atoms with van der Waals surface area (Å²) in [5.74, 6) is 0.528. The average molecular weight is 339 g/mol. The number of anilines is 2. The third kappa shape index (κ3) is 5.31. The number of hydrogen-bond donors (Lipinski definition) is 2. The molecule has 0 atom stereocenters. The van der Waals surface area contributed by atoms with Gasteiger partial charge in [0.2, 0.25) is 0 Å². The second-order valence-corrected chi connectivity index (χ2v) is 6.68. The summed E-state index contributed by atoms with van der Waals surface area (Å²) in [7, 11) is 0. The van der Waals surface area contributed by atoms with Crippen LogP contribution in [0, 0.1) is 5.92 Å². The number of para-hydroxylation sites is 1. The van der Waals surface area contributed by atoms with Gasteiger partial charge in [0.1, 0.15) is 0 Å². The first-order chi connectivity index (χ1) is 12.0. The quantitative estimate of drug-likeness (QED) is 0.718. The second-order valence-electron chi connectivity index (χ2n) is 6.68. The lowest BCUT2D eigenvalue weighted by molar-refractivity contribution is 0.102. The van der Waals surface area contributed by atoms with Crippen molar-refractivity contribution in [1.82, 2.24) is 4.98 Å². The molecule has 0 saturated heterocycles. The molecule has 25 heavy (non-hydrogen) atoms. The zero-order valence-corrected chi connectivity index (χ0v) is 15.7. The van der Waals surface area contributed by atoms with E-state index in [1.165, 1.54) is 0 Å². The Morgan fingerprint density at radius 2 is 1.80 bits per heavy atom. The average Bonchev–Trinajstić information content (AvgIpc) is 2.61. The summed E-state index contributed by atoms with van der Waals surface area (Å²) in [6, 6.07) is 8.05. The van der Waals surface area contributed by atoms with Crippen LogP contribution in [0.5, 0.6) is 0 Å². The molecule has 0 bridgehead atoms. The zero-order chi connectivity index (χ0) is 18.2. The molecule has 2 rings (SSSR count). The fourth-order valence-corrected chi connectivity index (χ4v) is 2.75. The Morgan fingerprint density at radius 3 is 2.40 bits per heavy atom. The van der Waals surface area contributed by atoms with Crippen LogP contribution in [0.25, 0.3) is 0 Å². The highest BCUT2D eigenvalue weighted by Gasteiger charge is 2.12. The lowest BCUT2D eigenvalue weighted by atomic mass is 10.0. The minimum absolute atomic E-state index is 0.115. The number of rotatable bonds is 8. The van der Waals surface area contributed by atoms with Crippen LogP contribution >= 0.6 is 0 Å². The molecule has 0 unspecified atom stereocenters. The van der Waals surface area contributed by atoms with Crippen LogP contribution in [-0.2, 0) is 12.8 Å². The third-order valence-electron chi connectivity index (χ3n) is 4.29. The van der Waals surface area contributed by atoms with E-state index in [9.17, 15) is 4.79 Å². The Labute approximate surface area is 151 Å². The van der Waals surface area contributed by atoms with Crippen molar-refractivity contribution in [2.24, 2.45) is 5.92 Å². The van der Waals surface area contributed by atoms with E-state index >= 15 is 0 Å². The summed E-state index contributed by atoms with van der Waals surface area (Å²) >= 11 is 0. The van der Waals surface area contributed by atoms with Crippen molar-refractivity contribution in [3.05, 3.63) is 53.3 Å². The minimum atomic E-state index is -0.115. The van der Waals surface area contributed by atoms with Gasteiger partial charge >= 0.3 is 0 Å². The highest BCUT2D eigenvalue weighted by molar-refractivity contribution is 6.05. The summed E-state index contributed by atoms with van der Waals surface area (Å²) in [6.45, 7) is 9.47. The summed E-state index contributed by atoms with van der Waals surface area (Å²) in [4.78, 5) is 16.9. The number of pyridine rings is 1. The van der Waals surface area contributed by atoms with Crippen LogP contribution in [0.4, 0.5) is 11.4 Å². The Hall–Kier alpha value is -2.36. The maximum atomic E-state index is 12.7. The fourth-order valence-electron chi connectivity index (χ4n) is 2.75. The van der Waals surface area contributed by atoms with E-state index in [0.717, 1.165) is 48.3 Å². The van der Waals surface area contributed by atoms with Gasteiger partial charge < -0.3 is 10.6 Å². The van der Waals surface area contributed by atoms with E-state index in [4.69, 9.17) is 0 Å². The van der Waals surface area contributed by atoms with Crippen LogP contribution in [0.1, 0.15) is 55.6 Å². The Kier molecular flexibility index (Phi) is 6.99. The monoisotopic (exact) mass is 339 g/mol. The van der Waals surface area contributed by atoms with Gasteiger partial charge in [-0.1, -0.05) is 45.9 Å². The van der Waals surface area contributed by atoms with Gasteiger partial charge in [0.05, 0.1) is 11.3 Å². The Bertz CT molecular complexity index is 688. The summed E-state index contributed by atoms with van der Waals surface area (Å²) in [5, 5.41) is 6.43. The first-order valence-electron chi connectivity index (χ1n) is 9.16. The summed E-state index contributed by atoms with van der Waals surface area (Å²) in [6.07, 6.45) is 6.23. The lowest BCUT2D eigenvalue weighted by Crippen LogP contribution is -2.15. The van der Waals surface area contributed by atoms with Crippen LogP contribution in [0.3, 0.4) is 0 Å². The van der Waals surface area contributed by atoms with Gasteiger partial charge in [0, 0.05) is 24.6 Å². The van der Waals surface area contributed by atoms with Gasteiger partial charge in [0.25, 0.3) is 5.91 Å². The number of carbonyl (C=O) groups is 1. The first-order valence-corrected chi connectivity index (χ1v) is 9.16. The maximum Gasteiger partial charge on any atom is 0.257 e. The van der Waals surface area contributed by atoms with Gasteiger partial charge in [-0.05, 0) is 42.4 Å². The molecule has 0 radical (unpaired) electrons. The predicted octanol–water partition coefficient (Wildman–Crippen LogP) is 4.92. The molecule has 1 amide bonds. The smallest absolute Gasteiger partial charge is 0.257 e. The van der Waals surface area contributed by atoms with Gasteiger partial charge in [0.15, 0.2) is 0 Å². The second kappa shape index (κ2) is 9.21. The van der Waals surface area contributed by atoms with Crippen LogP contribution < -0.4 is 10.6 Å². The van der Waals surface area contributed by atoms with E-state index < -0.39 is 0 Å². The van der Waals surface area contributed by atoms with Crippen molar-refractivity contribution < 1.29 is 4.79 Å². The molecule has 1 aromatic carbocycles. The molecule has 0 saturated carbocycles. The van der Waals surface area contributed by atoms with Crippen LogP contribution in [0.2, 0.25) is 0 Å². The van der Waals surface area contributed by atoms with Gasteiger partial charge in [-0.3, -0.25) is 9.78 Å². The highest BCUT2D eigenvalue weighted by Crippen LogP contribution is 2.23. The standard InChI is InChI=1S/C21H29N3O/c1-5-16-8-7-9-17(6-2)20(16)24-21(25)18-12-19(14-22-13-18)23-11-10-15(3)4/h7-9,12-15,23H,5-6,10-11H2,1-4H3,(H,24,25). The molecule has 0 aliphatic carbocycles. The van der Waals surface area contributed by atoms with Crippen LogP contribution in [-0.4, -0.2) is 17.4 Å². The molecule has 2 aromatic rings. The van der Waals surface area contributed by atoms with Crippen molar-refractivity contribution >= 4 is 17.3 Å². The predicted molar refractivity (Wildman–Crippen MR) is 105 cm³/mol. The molecule has 0 fully saturated rings. The molecular weight excluding hydrogens is 310 g/mol. The lowest BCUT2D eigenvalue weighted by Gasteiger charge is -2.15. The van der Waals surface area contributed by atoms with E-state index in [2.05, 4.69) is 55.4 Å². The topological polar surface area (TPSA) is 54.0 Å². The molecule has 4 nitrogen and oxygen atoms in total. The largest absolute Gasteiger partial charge is 0.384 e. The number of nitrogens with one attached hydrogen (secondary N) is 2. The van der Waals surface area contributed by atoms with E-state index in [0.29, 0.717) is 11.5 Å². The van der Waals surface area contributed by atoms with Crippen molar-refractivity contribution in [3.8, 4) is 0 Å². The van der Waals surface area contributed by atoms with Crippen molar-refractivity contribution in [3.63, 3.8) is 0 Å². The number of carbonyl (C=O) groups excluding carboxylic acids is 1. The summed E-state index contributed by atoms with van der Waals surface area (Å²) in [5.41, 5.74) is 4.71. The molecule has 1 heterocycles.